The number of methoxy groups -OCH3 is 1. The number of amides is 1. The lowest BCUT2D eigenvalue weighted by Gasteiger charge is -2.26. The Balaban J connectivity index is 1.59. The molecule has 3 aromatic rings. The summed E-state index contributed by atoms with van der Waals surface area (Å²) in [5, 5.41) is 4.01. The van der Waals surface area contributed by atoms with E-state index in [1.165, 1.54) is 18.2 Å². The zero-order valence-corrected chi connectivity index (χ0v) is 16.8. The van der Waals surface area contributed by atoms with Crippen molar-refractivity contribution in [1.82, 2.24) is 14.9 Å². The lowest BCUT2D eigenvalue weighted by Crippen LogP contribution is -2.36. The zero-order valence-electron chi connectivity index (χ0n) is 15.2. The molecule has 1 aliphatic rings. The van der Waals surface area contributed by atoms with Crippen LogP contribution in [0.4, 0.5) is 0 Å². The summed E-state index contributed by atoms with van der Waals surface area (Å²) >= 11 is 3.12. The van der Waals surface area contributed by atoms with Gasteiger partial charge >= 0.3 is 0 Å². The van der Waals surface area contributed by atoms with Crippen LogP contribution in [0.1, 0.15) is 19.3 Å². The summed E-state index contributed by atoms with van der Waals surface area (Å²) in [7, 11) is 1.66. The summed E-state index contributed by atoms with van der Waals surface area (Å²) in [6.45, 7) is 1.77. The molecule has 0 aliphatic carbocycles. The van der Waals surface area contributed by atoms with Gasteiger partial charge in [-0.15, -0.1) is 11.3 Å². The third-order valence-corrected chi connectivity index (χ3v) is 6.64. The van der Waals surface area contributed by atoms with Crippen LogP contribution in [0.5, 0.6) is 5.75 Å². The smallest absolute Gasteiger partial charge is 0.232 e. The fourth-order valence-corrected chi connectivity index (χ4v) is 5.20. The van der Waals surface area contributed by atoms with Gasteiger partial charge in [0.15, 0.2) is 0 Å². The highest BCUT2D eigenvalue weighted by Crippen LogP contribution is 2.38. The van der Waals surface area contributed by atoms with Crippen molar-refractivity contribution in [2.24, 2.45) is 0 Å². The van der Waals surface area contributed by atoms with Gasteiger partial charge in [0.25, 0.3) is 0 Å². The number of likely N-dealkylation sites (tertiary alicyclic amines) is 1. The van der Waals surface area contributed by atoms with Crippen molar-refractivity contribution in [2.45, 2.75) is 24.3 Å². The molecular weight excluding hydrogens is 378 g/mol. The van der Waals surface area contributed by atoms with Gasteiger partial charge < -0.3 is 9.64 Å². The van der Waals surface area contributed by atoms with Crippen LogP contribution in [0.2, 0.25) is 0 Å². The number of aromatic nitrogens is 2. The van der Waals surface area contributed by atoms with E-state index in [-0.39, 0.29) is 5.91 Å². The van der Waals surface area contributed by atoms with Gasteiger partial charge in [-0.05, 0) is 37.0 Å². The van der Waals surface area contributed by atoms with Crippen molar-refractivity contribution in [3.8, 4) is 16.9 Å². The van der Waals surface area contributed by atoms with Crippen LogP contribution in [-0.2, 0) is 4.79 Å². The average molecular weight is 400 g/mol. The number of hydrogen-bond acceptors (Lipinski definition) is 6. The Bertz CT molecular complexity index is 934. The number of fused-ring (bicyclic) bond motifs is 1. The summed E-state index contributed by atoms with van der Waals surface area (Å²) < 4.78 is 5.25. The minimum Gasteiger partial charge on any atom is -0.497 e. The molecule has 0 unspecified atom stereocenters. The lowest BCUT2D eigenvalue weighted by molar-refractivity contribution is -0.129. The highest BCUT2D eigenvalue weighted by atomic mass is 32.2. The number of thioether (sulfide) groups is 1. The molecule has 3 heterocycles. The van der Waals surface area contributed by atoms with Crippen molar-refractivity contribution in [2.75, 3.05) is 26.0 Å². The molecule has 1 saturated heterocycles. The Hall–Kier alpha value is -2.12. The first-order chi connectivity index (χ1) is 13.3. The molecule has 7 heteroatoms. The van der Waals surface area contributed by atoms with Gasteiger partial charge in [0.05, 0.1) is 18.2 Å². The Morgan fingerprint density at radius 2 is 1.96 bits per heavy atom. The number of hydrogen-bond donors (Lipinski definition) is 0. The van der Waals surface area contributed by atoms with Crippen LogP contribution >= 0.6 is 23.1 Å². The maximum absolute atomic E-state index is 12.5. The molecule has 0 atom stereocenters. The summed E-state index contributed by atoms with van der Waals surface area (Å²) in [6.07, 6.45) is 5.04. The van der Waals surface area contributed by atoms with E-state index in [9.17, 15) is 4.79 Å². The molecule has 0 saturated carbocycles. The van der Waals surface area contributed by atoms with Gasteiger partial charge in [0.1, 0.15) is 21.9 Å². The van der Waals surface area contributed by atoms with Gasteiger partial charge in [0, 0.05) is 24.0 Å². The quantitative estimate of drug-likeness (QED) is 0.468. The summed E-state index contributed by atoms with van der Waals surface area (Å²) in [5.41, 5.74) is 2.20. The molecule has 5 nitrogen and oxygen atoms in total. The molecule has 2 aromatic heterocycles. The van der Waals surface area contributed by atoms with Crippen LogP contribution in [0, 0.1) is 0 Å². The Morgan fingerprint density at radius 1 is 1.19 bits per heavy atom. The van der Waals surface area contributed by atoms with Crippen LogP contribution in [0.15, 0.2) is 41.0 Å². The minimum atomic E-state index is 0.202. The SMILES string of the molecule is COc1ccc(-c2csc3ncnc(SCC(=O)N4CCCCC4)c23)cc1. The van der Waals surface area contributed by atoms with Crippen molar-refractivity contribution in [1.29, 1.82) is 0 Å². The van der Waals surface area contributed by atoms with E-state index in [0.717, 1.165) is 58.1 Å². The van der Waals surface area contributed by atoms with E-state index in [2.05, 4.69) is 15.3 Å². The topological polar surface area (TPSA) is 55.3 Å². The lowest BCUT2D eigenvalue weighted by atomic mass is 10.1. The predicted octanol–water partition coefficient (Wildman–Crippen LogP) is 4.47. The molecule has 0 N–H and O–H groups in total. The normalized spacial score (nSPS) is 14.5. The Kier molecular flexibility index (Phi) is 5.59. The second-order valence-electron chi connectivity index (χ2n) is 6.47. The van der Waals surface area contributed by atoms with Crippen LogP contribution in [-0.4, -0.2) is 46.7 Å². The molecule has 1 aromatic carbocycles. The van der Waals surface area contributed by atoms with Gasteiger partial charge in [-0.2, -0.15) is 0 Å². The number of carbonyl (C=O) groups excluding carboxylic acids is 1. The monoisotopic (exact) mass is 399 g/mol. The fraction of sp³-hybridized carbons (Fsp3) is 0.350. The molecule has 0 radical (unpaired) electrons. The molecule has 140 valence electrons. The highest BCUT2D eigenvalue weighted by Gasteiger charge is 2.19. The number of ether oxygens (including phenoxy) is 1. The number of rotatable bonds is 5. The second kappa shape index (κ2) is 8.27. The van der Waals surface area contributed by atoms with E-state index < -0.39 is 0 Å². The summed E-state index contributed by atoms with van der Waals surface area (Å²) in [5.74, 6) is 1.45. The predicted molar refractivity (Wildman–Crippen MR) is 111 cm³/mol. The molecule has 4 rings (SSSR count). The standard InChI is InChI=1S/C20H21N3O2S2/c1-25-15-7-5-14(6-8-15)16-11-26-19-18(16)20(22-13-21-19)27-12-17(24)23-9-3-2-4-10-23/h5-8,11,13H,2-4,9-10,12H2,1H3. The van der Waals surface area contributed by atoms with Crippen LogP contribution < -0.4 is 4.74 Å². The largest absolute Gasteiger partial charge is 0.497 e. The number of thiophene rings is 1. The van der Waals surface area contributed by atoms with E-state index in [1.807, 2.05) is 29.2 Å². The molecular formula is C20H21N3O2S2. The van der Waals surface area contributed by atoms with Crippen molar-refractivity contribution >= 4 is 39.2 Å². The van der Waals surface area contributed by atoms with E-state index in [4.69, 9.17) is 4.74 Å². The first-order valence-corrected chi connectivity index (χ1v) is 10.9. The average Bonchev–Trinajstić information content (AvgIpc) is 3.17. The van der Waals surface area contributed by atoms with Crippen LogP contribution in [0.3, 0.4) is 0 Å². The third-order valence-electron chi connectivity index (χ3n) is 4.78. The minimum absolute atomic E-state index is 0.202. The number of nitrogens with zero attached hydrogens (tertiary/aromatic N) is 3. The van der Waals surface area contributed by atoms with Gasteiger partial charge in [-0.1, -0.05) is 23.9 Å². The number of benzene rings is 1. The summed E-state index contributed by atoms with van der Waals surface area (Å²) in [6, 6.07) is 7.99. The van der Waals surface area contributed by atoms with Crippen molar-refractivity contribution in [3.63, 3.8) is 0 Å². The highest BCUT2D eigenvalue weighted by molar-refractivity contribution is 8.00. The fourth-order valence-electron chi connectivity index (χ4n) is 3.30. The van der Waals surface area contributed by atoms with Crippen molar-refractivity contribution in [3.05, 3.63) is 36.0 Å². The molecule has 0 spiro atoms. The maximum atomic E-state index is 12.5. The third kappa shape index (κ3) is 3.94. The second-order valence-corrected chi connectivity index (χ2v) is 8.29. The Morgan fingerprint density at radius 3 is 2.70 bits per heavy atom. The molecule has 1 fully saturated rings. The molecule has 27 heavy (non-hydrogen) atoms. The van der Waals surface area contributed by atoms with Crippen molar-refractivity contribution < 1.29 is 9.53 Å². The zero-order chi connectivity index (χ0) is 18.6. The molecule has 0 bridgehead atoms. The number of carbonyl (C=O) groups is 1. The first kappa shape index (κ1) is 18.3. The van der Waals surface area contributed by atoms with Gasteiger partial charge in [-0.3, -0.25) is 4.79 Å². The summed E-state index contributed by atoms with van der Waals surface area (Å²) in [4.78, 5) is 24.3. The molecule has 1 aliphatic heterocycles. The van der Waals surface area contributed by atoms with Gasteiger partial charge in [0.2, 0.25) is 5.91 Å². The van der Waals surface area contributed by atoms with E-state index in [1.54, 1.807) is 24.8 Å². The maximum Gasteiger partial charge on any atom is 0.232 e. The van der Waals surface area contributed by atoms with E-state index >= 15 is 0 Å². The first-order valence-electron chi connectivity index (χ1n) is 9.03. The molecule has 1 amide bonds. The van der Waals surface area contributed by atoms with Crippen LogP contribution in [0.25, 0.3) is 21.3 Å². The van der Waals surface area contributed by atoms with Gasteiger partial charge in [-0.25, -0.2) is 9.97 Å². The Labute approximate surface area is 166 Å². The number of piperidine rings is 1. The van der Waals surface area contributed by atoms with E-state index in [0.29, 0.717) is 5.75 Å².